The predicted octanol–water partition coefficient (Wildman–Crippen LogP) is 3.93. The molecule has 2 N–H and O–H groups in total. The minimum atomic E-state index is -1.19. The van der Waals surface area contributed by atoms with Crippen molar-refractivity contribution < 1.29 is 23.8 Å². The Labute approximate surface area is 170 Å². The second-order valence-electron chi connectivity index (χ2n) is 8.08. The van der Waals surface area contributed by atoms with Gasteiger partial charge in [-0.2, -0.15) is 0 Å². The first-order chi connectivity index (χ1) is 12.5. The smallest absolute Gasteiger partial charge is 0.331 e. The fourth-order valence-electron chi connectivity index (χ4n) is 3.08. The van der Waals surface area contributed by atoms with Gasteiger partial charge in [0.2, 0.25) is 0 Å². The summed E-state index contributed by atoms with van der Waals surface area (Å²) in [7, 11) is 0. The highest BCUT2D eigenvalue weighted by atomic mass is 35.5. The van der Waals surface area contributed by atoms with E-state index >= 15 is 0 Å². The Morgan fingerprint density at radius 2 is 1.71 bits per heavy atom. The number of carbonyl (C=O) groups is 2. The summed E-state index contributed by atoms with van der Waals surface area (Å²) in [4.78, 5) is 24.2. The second-order valence-corrected chi connectivity index (χ2v) is 8.08. The highest BCUT2D eigenvalue weighted by Crippen LogP contribution is 2.50. The molecule has 1 aliphatic rings. The van der Waals surface area contributed by atoms with Crippen LogP contribution in [0, 0.1) is 0 Å². The van der Waals surface area contributed by atoms with Crippen LogP contribution in [0.4, 0.5) is 0 Å². The number of carbonyl (C=O) groups excluding carboxylic acids is 2. The van der Waals surface area contributed by atoms with Crippen molar-refractivity contribution in [3.63, 3.8) is 0 Å². The molecule has 3 rings (SSSR count). The minimum Gasteiger partial charge on any atom is -0.487 e. The van der Waals surface area contributed by atoms with Crippen LogP contribution in [0.25, 0.3) is 10.8 Å². The number of halogens is 1. The molecule has 0 saturated heterocycles. The number of rotatable bonds is 3. The van der Waals surface area contributed by atoms with Crippen LogP contribution in [0.5, 0.6) is 17.2 Å². The highest BCUT2D eigenvalue weighted by Gasteiger charge is 2.35. The minimum absolute atomic E-state index is 0. The van der Waals surface area contributed by atoms with E-state index in [0.717, 1.165) is 17.4 Å². The van der Waals surface area contributed by atoms with Crippen molar-refractivity contribution in [2.45, 2.75) is 58.6 Å². The van der Waals surface area contributed by atoms with Crippen molar-refractivity contribution in [3.8, 4) is 17.2 Å². The average Bonchev–Trinajstić information content (AvgIpc) is 2.55. The van der Waals surface area contributed by atoms with Crippen LogP contribution >= 0.6 is 12.4 Å². The van der Waals surface area contributed by atoms with Gasteiger partial charge in [0, 0.05) is 23.3 Å². The van der Waals surface area contributed by atoms with Gasteiger partial charge in [-0.05, 0) is 40.5 Å². The molecule has 28 heavy (non-hydrogen) atoms. The fourth-order valence-corrected chi connectivity index (χ4v) is 3.08. The lowest BCUT2D eigenvalue weighted by Gasteiger charge is -2.34. The van der Waals surface area contributed by atoms with E-state index in [1.165, 1.54) is 6.92 Å². The van der Waals surface area contributed by atoms with Crippen LogP contribution in [0.1, 0.15) is 46.6 Å². The van der Waals surface area contributed by atoms with Gasteiger partial charge in [0.1, 0.15) is 16.9 Å². The zero-order chi connectivity index (χ0) is 20.0. The van der Waals surface area contributed by atoms with Gasteiger partial charge in [-0.15, -0.1) is 12.4 Å². The lowest BCUT2D eigenvalue weighted by atomic mass is 9.91. The monoisotopic (exact) mass is 407 g/mol. The Morgan fingerprint density at radius 3 is 2.29 bits per heavy atom. The lowest BCUT2D eigenvalue weighted by molar-refractivity contribution is -0.140. The van der Waals surface area contributed by atoms with E-state index in [1.807, 2.05) is 32.0 Å². The summed E-state index contributed by atoms with van der Waals surface area (Å²) in [6.45, 7) is 8.47. The van der Waals surface area contributed by atoms with Gasteiger partial charge in [-0.25, -0.2) is 4.79 Å². The first kappa shape index (κ1) is 22.0. The van der Waals surface area contributed by atoms with Crippen LogP contribution in [0.3, 0.4) is 0 Å². The van der Waals surface area contributed by atoms with Gasteiger partial charge in [0.25, 0.3) is 0 Å². The molecule has 2 aromatic rings. The molecule has 0 unspecified atom stereocenters. The Bertz CT molecular complexity index is 931. The zero-order valence-electron chi connectivity index (χ0n) is 16.8. The largest absolute Gasteiger partial charge is 0.487 e. The second kappa shape index (κ2) is 7.60. The SMILES string of the molecule is CC(=O)Oc1c2c(c3ccccc3c1OC(=O)C(C)(C)N)OC(C)(C)CC2.Cl. The van der Waals surface area contributed by atoms with E-state index in [0.29, 0.717) is 17.6 Å². The summed E-state index contributed by atoms with van der Waals surface area (Å²) >= 11 is 0. The summed E-state index contributed by atoms with van der Waals surface area (Å²) in [5.74, 6) is -0.0275. The number of benzene rings is 2. The lowest BCUT2D eigenvalue weighted by Crippen LogP contribution is -2.44. The number of nitrogens with two attached hydrogens (primary N) is 1. The van der Waals surface area contributed by atoms with Crippen LogP contribution in [-0.2, 0) is 16.0 Å². The Kier molecular flexibility index (Phi) is 5.97. The van der Waals surface area contributed by atoms with Crippen LogP contribution in [0.15, 0.2) is 24.3 Å². The Balaban J connectivity index is 0.00000280. The maximum atomic E-state index is 12.5. The van der Waals surface area contributed by atoms with Crippen molar-refractivity contribution in [2.24, 2.45) is 5.73 Å². The molecule has 1 aliphatic heterocycles. The van der Waals surface area contributed by atoms with Crippen molar-refractivity contribution in [2.75, 3.05) is 0 Å². The Morgan fingerprint density at radius 1 is 1.11 bits per heavy atom. The highest BCUT2D eigenvalue weighted by molar-refractivity contribution is 6.00. The molecule has 6 nitrogen and oxygen atoms in total. The van der Waals surface area contributed by atoms with E-state index in [4.69, 9.17) is 19.9 Å². The van der Waals surface area contributed by atoms with Gasteiger partial charge in [-0.3, -0.25) is 4.79 Å². The van der Waals surface area contributed by atoms with Gasteiger partial charge in [0.05, 0.1) is 0 Å². The van der Waals surface area contributed by atoms with E-state index in [-0.39, 0.29) is 29.5 Å². The molecule has 0 spiro atoms. The van der Waals surface area contributed by atoms with E-state index in [2.05, 4.69) is 0 Å². The standard InChI is InChI=1S/C21H25NO5.ClH/c1-12(23)25-18-15-10-11-20(2,3)27-16(15)13-8-6-7-9-14(13)17(18)26-19(24)21(4,5)22;/h6-9H,10-11,22H2,1-5H3;1H. The van der Waals surface area contributed by atoms with Crippen LogP contribution in [-0.4, -0.2) is 23.1 Å². The maximum absolute atomic E-state index is 12.5. The van der Waals surface area contributed by atoms with Crippen molar-refractivity contribution in [3.05, 3.63) is 29.8 Å². The molecular weight excluding hydrogens is 382 g/mol. The summed E-state index contributed by atoms with van der Waals surface area (Å²) < 4.78 is 17.4. The van der Waals surface area contributed by atoms with Crippen molar-refractivity contribution in [1.82, 2.24) is 0 Å². The summed E-state index contributed by atoms with van der Waals surface area (Å²) in [5.41, 5.74) is 5.07. The van der Waals surface area contributed by atoms with Gasteiger partial charge in [0.15, 0.2) is 11.5 Å². The third kappa shape index (κ3) is 4.23. The normalized spacial score (nSPS) is 15.1. The molecule has 1 heterocycles. The zero-order valence-corrected chi connectivity index (χ0v) is 17.6. The molecule has 0 bridgehead atoms. The molecule has 152 valence electrons. The topological polar surface area (TPSA) is 87.9 Å². The number of hydrogen-bond acceptors (Lipinski definition) is 6. The molecular formula is C21H26ClNO5. The number of fused-ring (bicyclic) bond motifs is 3. The first-order valence-electron chi connectivity index (χ1n) is 8.96. The summed E-state index contributed by atoms with van der Waals surface area (Å²) in [6, 6.07) is 7.42. The molecule has 7 heteroatoms. The maximum Gasteiger partial charge on any atom is 0.331 e. The predicted molar refractivity (Wildman–Crippen MR) is 109 cm³/mol. The van der Waals surface area contributed by atoms with Gasteiger partial charge < -0.3 is 19.9 Å². The molecule has 0 radical (unpaired) electrons. The number of ether oxygens (including phenoxy) is 3. The fraction of sp³-hybridized carbons (Fsp3) is 0.429. The molecule has 0 amide bonds. The molecule has 0 aliphatic carbocycles. The molecule has 0 aromatic heterocycles. The van der Waals surface area contributed by atoms with E-state index in [9.17, 15) is 9.59 Å². The molecule has 0 fully saturated rings. The van der Waals surface area contributed by atoms with Crippen LogP contribution in [0.2, 0.25) is 0 Å². The van der Waals surface area contributed by atoms with E-state index in [1.54, 1.807) is 19.9 Å². The summed E-state index contributed by atoms with van der Waals surface area (Å²) in [5, 5.41) is 1.43. The third-order valence-electron chi connectivity index (χ3n) is 4.49. The molecule has 2 aromatic carbocycles. The average molecular weight is 408 g/mol. The van der Waals surface area contributed by atoms with Crippen molar-refractivity contribution in [1.29, 1.82) is 0 Å². The van der Waals surface area contributed by atoms with Gasteiger partial charge >= 0.3 is 11.9 Å². The third-order valence-corrected chi connectivity index (χ3v) is 4.49. The Hall–Kier alpha value is -2.31. The van der Waals surface area contributed by atoms with E-state index < -0.39 is 17.5 Å². The van der Waals surface area contributed by atoms with Crippen molar-refractivity contribution >= 4 is 35.1 Å². The summed E-state index contributed by atoms with van der Waals surface area (Å²) in [6.07, 6.45) is 1.37. The molecule has 0 saturated carbocycles. The number of hydrogen-bond donors (Lipinski definition) is 1. The first-order valence-corrected chi connectivity index (χ1v) is 8.96. The van der Waals surface area contributed by atoms with Crippen LogP contribution < -0.4 is 19.9 Å². The van der Waals surface area contributed by atoms with Gasteiger partial charge in [-0.1, -0.05) is 24.3 Å². The number of esters is 2. The molecule has 0 atom stereocenters. The quantitative estimate of drug-likeness (QED) is 0.612.